The van der Waals surface area contributed by atoms with Crippen LogP contribution in [-0.2, 0) is 16.0 Å². The molecule has 5 heteroatoms. The summed E-state index contributed by atoms with van der Waals surface area (Å²) >= 11 is 0. The van der Waals surface area contributed by atoms with Gasteiger partial charge in [-0.25, -0.2) is 0 Å². The molecule has 5 nitrogen and oxygen atoms in total. The van der Waals surface area contributed by atoms with Crippen LogP contribution in [0.15, 0.2) is 48.5 Å². The first kappa shape index (κ1) is 16.1. The molecule has 0 saturated carbocycles. The fourth-order valence-electron chi connectivity index (χ4n) is 2.56. The van der Waals surface area contributed by atoms with Gasteiger partial charge in [-0.3, -0.25) is 9.59 Å². The van der Waals surface area contributed by atoms with E-state index in [1.54, 1.807) is 24.3 Å². The van der Waals surface area contributed by atoms with Crippen molar-refractivity contribution in [2.24, 2.45) is 0 Å². The molecule has 0 bridgehead atoms. The lowest BCUT2D eigenvalue weighted by Crippen LogP contribution is -2.58. The summed E-state index contributed by atoms with van der Waals surface area (Å²) in [5, 5.41) is 5.51. The van der Waals surface area contributed by atoms with Crippen LogP contribution in [-0.4, -0.2) is 24.0 Å². The van der Waals surface area contributed by atoms with Crippen molar-refractivity contribution in [1.82, 2.24) is 5.32 Å². The molecule has 2 aromatic carbocycles. The van der Waals surface area contributed by atoms with Gasteiger partial charge in [0, 0.05) is 6.54 Å². The highest BCUT2D eigenvalue weighted by molar-refractivity contribution is 6.15. The minimum absolute atomic E-state index is 0.440. The molecule has 0 aliphatic carbocycles. The number of carbonyl (C=O) groups excluding carboxylic acids is 2. The van der Waals surface area contributed by atoms with Crippen LogP contribution < -0.4 is 15.4 Å². The van der Waals surface area contributed by atoms with Gasteiger partial charge in [0.1, 0.15) is 5.75 Å². The second-order valence-electron chi connectivity index (χ2n) is 6.08. The van der Waals surface area contributed by atoms with Crippen LogP contribution in [0.1, 0.15) is 18.1 Å². The molecule has 0 aromatic heterocycles. The molecule has 0 radical (unpaired) electrons. The van der Waals surface area contributed by atoms with Gasteiger partial charge in [-0.15, -0.1) is 0 Å². The fourth-order valence-corrected chi connectivity index (χ4v) is 2.56. The molecule has 1 heterocycles. The SMILES string of the molecule is Cc1ccc(CCNC(=O)[C@]2(C)Oc3ccccc3NC2=O)cc1. The molecule has 0 spiro atoms. The van der Waals surface area contributed by atoms with Crippen LogP contribution in [0.5, 0.6) is 5.75 Å². The number of ether oxygens (including phenoxy) is 1. The van der Waals surface area contributed by atoms with Gasteiger partial charge in [-0.1, -0.05) is 42.0 Å². The Hall–Kier alpha value is -2.82. The third-order valence-electron chi connectivity index (χ3n) is 4.14. The first-order valence-electron chi connectivity index (χ1n) is 7.92. The van der Waals surface area contributed by atoms with Gasteiger partial charge in [0.05, 0.1) is 5.69 Å². The third kappa shape index (κ3) is 3.11. The van der Waals surface area contributed by atoms with Gasteiger partial charge >= 0.3 is 0 Å². The number of amides is 2. The van der Waals surface area contributed by atoms with Crippen molar-refractivity contribution in [2.45, 2.75) is 25.9 Å². The van der Waals surface area contributed by atoms with Crippen molar-refractivity contribution in [2.75, 3.05) is 11.9 Å². The van der Waals surface area contributed by atoms with Crippen LogP contribution in [0.2, 0.25) is 0 Å². The Labute approximate surface area is 141 Å². The number of para-hydroxylation sites is 2. The van der Waals surface area contributed by atoms with E-state index in [1.165, 1.54) is 12.5 Å². The van der Waals surface area contributed by atoms with Gasteiger partial charge in [0.25, 0.3) is 17.4 Å². The van der Waals surface area contributed by atoms with Crippen LogP contribution in [0.4, 0.5) is 5.69 Å². The maximum Gasteiger partial charge on any atom is 0.278 e. The van der Waals surface area contributed by atoms with Crippen molar-refractivity contribution in [3.05, 3.63) is 59.7 Å². The molecular weight excluding hydrogens is 304 g/mol. The zero-order chi connectivity index (χ0) is 17.2. The fraction of sp³-hybridized carbons (Fsp3) is 0.263. The first-order valence-corrected chi connectivity index (χ1v) is 7.92. The van der Waals surface area contributed by atoms with E-state index in [9.17, 15) is 9.59 Å². The normalized spacial score (nSPS) is 19.0. The lowest BCUT2D eigenvalue weighted by Gasteiger charge is -2.33. The Morgan fingerprint density at radius 2 is 1.88 bits per heavy atom. The number of fused-ring (bicyclic) bond motifs is 1. The summed E-state index contributed by atoms with van der Waals surface area (Å²) in [7, 11) is 0. The number of hydrogen-bond donors (Lipinski definition) is 2. The summed E-state index contributed by atoms with van der Waals surface area (Å²) in [5.74, 6) is -0.413. The zero-order valence-electron chi connectivity index (χ0n) is 13.8. The number of nitrogens with one attached hydrogen (secondary N) is 2. The van der Waals surface area contributed by atoms with E-state index in [1.807, 2.05) is 31.2 Å². The van der Waals surface area contributed by atoms with Crippen molar-refractivity contribution < 1.29 is 14.3 Å². The molecule has 2 aromatic rings. The molecule has 24 heavy (non-hydrogen) atoms. The molecule has 2 N–H and O–H groups in total. The van der Waals surface area contributed by atoms with Gasteiger partial charge in [-0.05, 0) is 38.0 Å². The van der Waals surface area contributed by atoms with Crippen molar-refractivity contribution in [3.8, 4) is 5.75 Å². The van der Waals surface area contributed by atoms with Gasteiger partial charge < -0.3 is 15.4 Å². The average molecular weight is 324 g/mol. The summed E-state index contributed by atoms with van der Waals surface area (Å²) < 4.78 is 5.69. The van der Waals surface area contributed by atoms with Crippen LogP contribution in [0.3, 0.4) is 0 Å². The molecule has 0 unspecified atom stereocenters. The summed E-state index contributed by atoms with van der Waals surface area (Å²) in [5.41, 5.74) is 1.33. The van der Waals surface area contributed by atoms with Crippen LogP contribution in [0.25, 0.3) is 0 Å². The zero-order valence-corrected chi connectivity index (χ0v) is 13.8. The molecule has 1 aliphatic rings. The Kier molecular flexibility index (Phi) is 4.25. The number of anilines is 1. The average Bonchev–Trinajstić information content (AvgIpc) is 2.57. The number of aryl methyl sites for hydroxylation is 1. The second kappa shape index (κ2) is 6.35. The molecule has 0 saturated heterocycles. The number of benzene rings is 2. The third-order valence-corrected chi connectivity index (χ3v) is 4.14. The molecule has 2 amide bonds. The predicted octanol–water partition coefficient (Wildman–Crippen LogP) is 2.44. The topological polar surface area (TPSA) is 67.4 Å². The van der Waals surface area contributed by atoms with E-state index >= 15 is 0 Å². The predicted molar refractivity (Wildman–Crippen MR) is 92.0 cm³/mol. The summed E-state index contributed by atoms with van der Waals surface area (Å²) in [6, 6.07) is 15.2. The Bertz CT molecular complexity index is 770. The van der Waals surface area contributed by atoms with Gasteiger partial charge in [0.2, 0.25) is 0 Å². The summed E-state index contributed by atoms with van der Waals surface area (Å²) in [6.45, 7) is 3.96. The van der Waals surface area contributed by atoms with E-state index < -0.39 is 17.4 Å². The second-order valence-corrected chi connectivity index (χ2v) is 6.08. The molecule has 1 aliphatic heterocycles. The van der Waals surface area contributed by atoms with Crippen LogP contribution in [0, 0.1) is 6.92 Å². The Morgan fingerprint density at radius 1 is 1.17 bits per heavy atom. The highest BCUT2D eigenvalue weighted by Crippen LogP contribution is 2.33. The lowest BCUT2D eigenvalue weighted by molar-refractivity contribution is -0.146. The van der Waals surface area contributed by atoms with Gasteiger partial charge in [0.15, 0.2) is 0 Å². The number of hydrogen-bond acceptors (Lipinski definition) is 3. The van der Waals surface area contributed by atoms with Crippen molar-refractivity contribution in [1.29, 1.82) is 0 Å². The summed E-state index contributed by atoms with van der Waals surface area (Å²) in [6.07, 6.45) is 0.695. The maximum absolute atomic E-state index is 12.5. The van der Waals surface area contributed by atoms with Crippen molar-refractivity contribution >= 4 is 17.5 Å². The quantitative estimate of drug-likeness (QED) is 0.849. The monoisotopic (exact) mass is 324 g/mol. The Morgan fingerprint density at radius 3 is 2.62 bits per heavy atom. The molecule has 0 fully saturated rings. The molecule has 124 valence electrons. The van der Waals surface area contributed by atoms with Crippen molar-refractivity contribution in [3.63, 3.8) is 0 Å². The standard InChI is InChI=1S/C19H20N2O3/c1-13-7-9-14(10-8-13)11-12-20-17(22)19(2)18(23)21-15-5-3-4-6-16(15)24-19/h3-10H,11-12H2,1-2H3,(H,20,22)(H,21,23)/t19-/m0/s1. The van der Waals surface area contributed by atoms with E-state index in [2.05, 4.69) is 10.6 Å². The smallest absolute Gasteiger partial charge is 0.278 e. The molecular formula is C19H20N2O3. The number of carbonyl (C=O) groups is 2. The minimum atomic E-state index is -1.57. The highest BCUT2D eigenvalue weighted by atomic mass is 16.5. The minimum Gasteiger partial charge on any atom is -0.466 e. The number of rotatable bonds is 4. The van der Waals surface area contributed by atoms with E-state index in [4.69, 9.17) is 4.74 Å². The van der Waals surface area contributed by atoms with E-state index in [0.29, 0.717) is 24.4 Å². The first-order chi connectivity index (χ1) is 11.5. The highest BCUT2D eigenvalue weighted by Gasteiger charge is 2.46. The maximum atomic E-state index is 12.5. The summed E-state index contributed by atoms with van der Waals surface area (Å²) in [4.78, 5) is 24.8. The lowest BCUT2D eigenvalue weighted by atomic mass is 10.0. The van der Waals surface area contributed by atoms with E-state index in [-0.39, 0.29) is 0 Å². The molecule has 3 rings (SSSR count). The van der Waals surface area contributed by atoms with E-state index in [0.717, 1.165) is 5.56 Å². The van der Waals surface area contributed by atoms with Gasteiger partial charge in [-0.2, -0.15) is 0 Å². The molecule has 1 atom stereocenters. The Balaban J connectivity index is 1.63. The van der Waals surface area contributed by atoms with Crippen LogP contribution >= 0.6 is 0 Å². The largest absolute Gasteiger partial charge is 0.466 e.